The first-order valence-corrected chi connectivity index (χ1v) is 16.0. The highest BCUT2D eigenvalue weighted by Crippen LogP contribution is 2.25. The Bertz CT molecular complexity index is 2140. The van der Waals surface area contributed by atoms with Crippen LogP contribution in [0, 0.1) is 17.0 Å². The molecule has 2 aromatic carbocycles. The van der Waals surface area contributed by atoms with Gasteiger partial charge in [0.25, 0.3) is 21.5 Å². The third-order valence-corrected chi connectivity index (χ3v) is 8.45. The lowest BCUT2D eigenvalue weighted by Crippen LogP contribution is -2.43. The zero-order valence-corrected chi connectivity index (χ0v) is 27.7. The van der Waals surface area contributed by atoms with E-state index in [0.29, 0.717) is 23.4 Å². The van der Waals surface area contributed by atoms with Crippen molar-refractivity contribution in [2.45, 2.75) is 38.1 Å². The quantitative estimate of drug-likeness (QED) is 0.209. The highest BCUT2D eigenvalue weighted by atomic mass is 32.2. The lowest BCUT2D eigenvalue weighted by atomic mass is 9.95. The Morgan fingerprint density at radius 3 is 2.24 bits per heavy atom. The van der Waals surface area contributed by atoms with Gasteiger partial charge in [-0.1, -0.05) is 26.8 Å². The van der Waals surface area contributed by atoms with Crippen LogP contribution < -0.4 is 26.6 Å². The number of nitrogens with one attached hydrogen (secondary N) is 3. The molecule has 0 aliphatic carbocycles. The molecule has 14 nitrogen and oxygen atoms in total. The molecule has 0 bridgehead atoms. The highest BCUT2D eigenvalue weighted by Gasteiger charge is 2.27. The number of aryl methyl sites for hydroxylation is 1. The van der Waals surface area contributed by atoms with Gasteiger partial charge < -0.3 is 19.9 Å². The number of ether oxygens (including phenoxy) is 1. The maximum atomic E-state index is 15.1. The van der Waals surface area contributed by atoms with Crippen LogP contribution in [0.2, 0.25) is 0 Å². The number of esters is 1. The van der Waals surface area contributed by atoms with E-state index in [4.69, 9.17) is 4.74 Å². The number of carbonyl (C=O) groups excluding carboxylic acids is 3. The summed E-state index contributed by atoms with van der Waals surface area (Å²) in [6.07, 6.45) is 2.33. The predicted molar refractivity (Wildman–Crippen MR) is 174 cm³/mol. The summed E-state index contributed by atoms with van der Waals surface area (Å²) < 4.78 is 64.6. The number of benzene rings is 2. The van der Waals surface area contributed by atoms with Crippen LogP contribution >= 0.6 is 0 Å². The number of amides is 2. The molecule has 0 saturated carbocycles. The molecule has 4 aromatic rings. The fourth-order valence-corrected chi connectivity index (χ4v) is 5.35. The van der Waals surface area contributed by atoms with E-state index in [1.54, 1.807) is 20.8 Å². The minimum Gasteiger partial charge on any atom is -0.467 e. The molecule has 258 valence electrons. The number of methoxy groups -OCH3 is 1. The fraction of sp³-hybridized carbons (Fsp3) is 0.250. The van der Waals surface area contributed by atoms with Crippen molar-refractivity contribution in [2.24, 2.45) is 12.5 Å². The first-order valence-electron chi connectivity index (χ1n) is 14.5. The average Bonchev–Trinajstić information content (AvgIpc) is 3.04. The molecule has 49 heavy (non-hydrogen) atoms. The minimum absolute atomic E-state index is 0.00322. The maximum Gasteiger partial charge on any atom is 0.336 e. The molecule has 0 aliphatic rings. The second-order valence-corrected chi connectivity index (χ2v) is 13.5. The van der Waals surface area contributed by atoms with E-state index in [-0.39, 0.29) is 23.0 Å². The van der Waals surface area contributed by atoms with Gasteiger partial charge in [0.15, 0.2) is 0 Å². The molecule has 2 aromatic heterocycles. The van der Waals surface area contributed by atoms with Crippen molar-refractivity contribution in [3.63, 3.8) is 0 Å². The normalized spacial score (nSPS) is 12.1. The van der Waals surface area contributed by atoms with Gasteiger partial charge >= 0.3 is 11.7 Å². The Hall–Kier alpha value is -5.71. The second-order valence-electron chi connectivity index (χ2n) is 11.8. The zero-order chi connectivity index (χ0) is 36.3. The van der Waals surface area contributed by atoms with Crippen LogP contribution in [0.1, 0.15) is 36.7 Å². The Morgan fingerprint density at radius 2 is 1.65 bits per heavy atom. The lowest BCUT2D eigenvalue weighted by molar-refractivity contribution is -0.142. The van der Waals surface area contributed by atoms with Crippen molar-refractivity contribution in [1.29, 1.82) is 0 Å². The topological polar surface area (TPSA) is 188 Å². The smallest absolute Gasteiger partial charge is 0.336 e. The number of anilines is 2. The van der Waals surface area contributed by atoms with Crippen LogP contribution in [-0.4, -0.2) is 53.5 Å². The summed E-state index contributed by atoms with van der Waals surface area (Å²) in [7, 11) is -1.92. The fourth-order valence-electron chi connectivity index (χ4n) is 4.29. The van der Waals surface area contributed by atoms with Crippen LogP contribution in [0.3, 0.4) is 0 Å². The summed E-state index contributed by atoms with van der Waals surface area (Å²) in [5.41, 5.74) is -2.91. The van der Waals surface area contributed by atoms with Crippen molar-refractivity contribution < 1.29 is 36.3 Å². The van der Waals surface area contributed by atoms with Crippen molar-refractivity contribution in [3.05, 3.63) is 111 Å². The number of hydrogen-bond donors (Lipinski definition) is 3. The molecule has 2 heterocycles. The molecule has 4 rings (SSSR count). The SMILES string of the molecule is COC(=O)[C@H](Cc1ccc(-n2c(=O)ccn(C)c2=O)nc1)NC(=O)c1cc(F)c(NS(=O)(=O)c2ccc(NC(=O)C(C)(C)C)cc2)cc1F. The lowest BCUT2D eigenvalue weighted by Gasteiger charge is -2.18. The van der Waals surface area contributed by atoms with Crippen LogP contribution in [0.25, 0.3) is 5.82 Å². The average molecular weight is 699 g/mol. The minimum atomic E-state index is -4.43. The van der Waals surface area contributed by atoms with E-state index in [9.17, 15) is 32.4 Å². The molecule has 0 spiro atoms. The van der Waals surface area contributed by atoms with Crippen LogP contribution in [0.4, 0.5) is 20.2 Å². The standard InChI is InChI=1S/C32H32F2N6O8S/c1-32(2,3)30(44)36-19-7-9-20(10-8-19)49(46,47)38-24-16-22(33)21(15-23(24)34)28(42)37-25(29(43)48-5)14-18-6-11-26(35-17-18)40-27(41)12-13-39(4)31(40)45/h6-13,15-17,25,38H,14H2,1-5H3,(H,36,44)(H,37,42)/t25-/m0/s1. The molecule has 17 heteroatoms. The number of rotatable bonds is 10. The van der Waals surface area contributed by atoms with Gasteiger partial charge in [0.05, 0.1) is 23.3 Å². The molecule has 0 unspecified atom stereocenters. The van der Waals surface area contributed by atoms with E-state index >= 15 is 8.78 Å². The van der Waals surface area contributed by atoms with Gasteiger partial charge in [0.2, 0.25) is 5.91 Å². The molecular weight excluding hydrogens is 666 g/mol. The largest absolute Gasteiger partial charge is 0.467 e. The monoisotopic (exact) mass is 698 g/mol. The van der Waals surface area contributed by atoms with E-state index < -0.39 is 67.5 Å². The molecule has 0 fully saturated rings. The Balaban J connectivity index is 1.49. The first kappa shape index (κ1) is 36.1. The molecule has 0 saturated heterocycles. The van der Waals surface area contributed by atoms with Crippen molar-refractivity contribution in [1.82, 2.24) is 19.4 Å². The highest BCUT2D eigenvalue weighted by molar-refractivity contribution is 7.92. The number of aromatic nitrogens is 3. The number of nitrogens with zero attached hydrogens (tertiary/aromatic N) is 3. The van der Waals surface area contributed by atoms with Crippen LogP contribution in [-0.2, 0) is 37.8 Å². The molecule has 2 amide bonds. The Morgan fingerprint density at radius 1 is 0.980 bits per heavy atom. The first-order chi connectivity index (χ1) is 22.9. The number of pyridine rings is 1. The third kappa shape index (κ3) is 8.42. The third-order valence-electron chi connectivity index (χ3n) is 7.07. The van der Waals surface area contributed by atoms with Gasteiger partial charge in [-0.3, -0.25) is 19.1 Å². The van der Waals surface area contributed by atoms with Gasteiger partial charge in [0, 0.05) is 49.1 Å². The summed E-state index contributed by atoms with van der Waals surface area (Å²) in [4.78, 5) is 66.1. The van der Waals surface area contributed by atoms with Gasteiger partial charge in [-0.25, -0.2) is 36.3 Å². The van der Waals surface area contributed by atoms with E-state index in [1.807, 2.05) is 4.72 Å². The predicted octanol–water partition coefficient (Wildman–Crippen LogP) is 2.51. The number of sulfonamides is 1. The van der Waals surface area contributed by atoms with Crippen LogP contribution in [0.15, 0.2) is 81.5 Å². The number of halogens is 2. The summed E-state index contributed by atoms with van der Waals surface area (Å²) in [6.45, 7) is 5.11. The summed E-state index contributed by atoms with van der Waals surface area (Å²) in [5.74, 6) is -5.04. The van der Waals surface area contributed by atoms with Gasteiger partial charge in [0.1, 0.15) is 23.5 Å². The van der Waals surface area contributed by atoms with E-state index in [0.717, 1.165) is 23.8 Å². The Labute approximate surface area is 278 Å². The molecule has 1 atom stereocenters. The summed E-state index contributed by atoms with van der Waals surface area (Å²) >= 11 is 0. The van der Waals surface area contributed by atoms with Crippen molar-refractivity contribution >= 4 is 39.2 Å². The van der Waals surface area contributed by atoms with E-state index in [2.05, 4.69) is 15.6 Å². The summed E-state index contributed by atoms with van der Waals surface area (Å²) in [5, 5.41) is 4.91. The van der Waals surface area contributed by atoms with Crippen molar-refractivity contribution in [2.75, 3.05) is 17.1 Å². The molecule has 0 radical (unpaired) electrons. The van der Waals surface area contributed by atoms with Crippen molar-refractivity contribution in [3.8, 4) is 5.82 Å². The van der Waals surface area contributed by atoms with E-state index in [1.165, 1.54) is 54.3 Å². The van der Waals surface area contributed by atoms with Gasteiger partial charge in [-0.05, 0) is 42.0 Å². The molecule has 0 aliphatic heterocycles. The maximum absolute atomic E-state index is 15.1. The zero-order valence-electron chi connectivity index (χ0n) is 26.9. The summed E-state index contributed by atoms with van der Waals surface area (Å²) in [6, 6.07) is 8.50. The van der Waals surface area contributed by atoms with Crippen LogP contribution in [0.5, 0.6) is 0 Å². The Kier molecular flexibility index (Phi) is 10.5. The van der Waals surface area contributed by atoms with Gasteiger partial charge in [-0.2, -0.15) is 0 Å². The second kappa shape index (κ2) is 14.2. The number of carbonyl (C=O) groups is 3. The molecular formula is C32H32F2N6O8S. The molecule has 3 N–H and O–H groups in total. The van der Waals surface area contributed by atoms with Gasteiger partial charge in [-0.15, -0.1) is 0 Å². The number of hydrogen-bond acceptors (Lipinski definition) is 9.